The second-order valence-corrected chi connectivity index (χ2v) is 8.92. The van der Waals surface area contributed by atoms with Crippen molar-refractivity contribution in [1.82, 2.24) is 0 Å². The Morgan fingerprint density at radius 3 is 1.63 bits per heavy atom. The van der Waals surface area contributed by atoms with Crippen LogP contribution in [0.15, 0.2) is 95.9 Å². The molecule has 3 aromatic rings. The molecule has 1 unspecified atom stereocenters. The predicted molar refractivity (Wildman–Crippen MR) is 139 cm³/mol. The molecule has 0 aromatic heterocycles. The number of unbranched alkanes of at least 4 members (excludes halogenated alkanes) is 1. The van der Waals surface area contributed by atoms with Crippen LogP contribution in [0.3, 0.4) is 0 Å². The van der Waals surface area contributed by atoms with Crippen LogP contribution in [0.4, 0.5) is 13.2 Å². The Kier molecular flexibility index (Phi) is 12.5. The minimum absolute atomic E-state index is 0.241. The molecule has 0 saturated heterocycles. The largest absolute Gasteiger partial charge is 0.490 e. The average molecular weight is 504 g/mol. The fraction of sp³-hybridized carbons (Fsp3) is 0.345. The van der Waals surface area contributed by atoms with Crippen LogP contribution in [-0.2, 0) is 22.2 Å². The summed E-state index contributed by atoms with van der Waals surface area (Å²) in [5.74, 6) is -1.85. The van der Waals surface area contributed by atoms with E-state index in [0.717, 1.165) is 17.7 Å². The summed E-state index contributed by atoms with van der Waals surface area (Å²) in [5, 5.41) is 0. The number of ether oxygens (including phenoxy) is 1. The minimum atomic E-state index is -4.93. The van der Waals surface area contributed by atoms with Crippen LogP contribution in [0.5, 0.6) is 0 Å². The van der Waals surface area contributed by atoms with Crippen molar-refractivity contribution in [2.45, 2.75) is 68.5 Å². The van der Waals surface area contributed by atoms with Gasteiger partial charge in [-0.3, -0.25) is 0 Å². The molecule has 0 fully saturated rings. The number of hydrogen-bond donors (Lipinski definition) is 0. The Balaban J connectivity index is 0.000000527. The molecule has 2 nitrogen and oxygen atoms in total. The van der Waals surface area contributed by atoms with Crippen molar-refractivity contribution in [1.29, 1.82) is 0 Å². The van der Waals surface area contributed by atoms with E-state index < -0.39 is 18.2 Å². The number of alkyl halides is 3. The van der Waals surface area contributed by atoms with Gasteiger partial charge in [0.05, 0.1) is 0 Å². The molecule has 3 aromatic carbocycles. The summed E-state index contributed by atoms with van der Waals surface area (Å²) in [6, 6.07) is 30.4. The summed E-state index contributed by atoms with van der Waals surface area (Å²) >= 11 is 3.36. The van der Waals surface area contributed by atoms with Gasteiger partial charge in [-0.25, -0.2) is 4.79 Å². The molecule has 0 saturated carbocycles. The number of carbonyl (C=O) groups is 1. The minimum Gasteiger partial charge on any atom is -0.456 e. The number of benzene rings is 3. The van der Waals surface area contributed by atoms with Crippen molar-refractivity contribution in [2.75, 3.05) is 0 Å². The van der Waals surface area contributed by atoms with Crippen LogP contribution in [-0.4, -0.2) is 18.2 Å². The van der Waals surface area contributed by atoms with E-state index in [1.54, 1.807) is 0 Å². The molecule has 0 radical (unpaired) electrons. The fourth-order valence-electron chi connectivity index (χ4n) is 3.86. The van der Waals surface area contributed by atoms with Crippen molar-refractivity contribution in [3.8, 4) is 0 Å². The first-order valence-electron chi connectivity index (χ1n) is 12.0. The Bertz CT molecular complexity index is 924. The fourth-order valence-corrected chi connectivity index (χ4v) is 4.05. The zero-order chi connectivity index (χ0) is 25.5. The summed E-state index contributed by atoms with van der Waals surface area (Å²) in [7, 11) is 0. The Morgan fingerprint density at radius 2 is 1.23 bits per heavy atom. The lowest BCUT2D eigenvalue weighted by atomic mass is 9.86. The van der Waals surface area contributed by atoms with E-state index in [9.17, 15) is 18.0 Å². The van der Waals surface area contributed by atoms with Gasteiger partial charge in [0.25, 0.3) is 0 Å². The highest BCUT2D eigenvalue weighted by Crippen LogP contribution is 2.30. The molecular formula is C29H34F3O2S+. The standard InChI is InChI=1S/C23H27F3O2.C6H6S/c1-2-11-20(28-22(27)23(24,25)26)16-9-10-17-21(18-12-5-3-6-13-18)19-14-7-4-8-15-19;7-6-4-2-1-3-5-6/h3-8,12-15,20-21H,2,9-11,16-17H2,1H3;1-5,7H/p+1. The number of halogens is 3. The highest BCUT2D eigenvalue weighted by atomic mass is 32.1. The predicted octanol–water partition coefficient (Wildman–Crippen LogP) is 7.71. The monoisotopic (exact) mass is 503 g/mol. The lowest BCUT2D eigenvalue weighted by Gasteiger charge is -2.20. The molecule has 1 atom stereocenters. The van der Waals surface area contributed by atoms with Gasteiger partial charge >= 0.3 is 12.1 Å². The lowest BCUT2D eigenvalue weighted by Crippen LogP contribution is -2.30. The van der Waals surface area contributed by atoms with Gasteiger partial charge in [-0.1, -0.05) is 98.6 Å². The van der Waals surface area contributed by atoms with Gasteiger partial charge in [-0.15, -0.1) is 0 Å². The summed E-state index contributed by atoms with van der Waals surface area (Å²) in [4.78, 5) is 12.2. The van der Waals surface area contributed by atoms with Crippen molar-refractivity contribution in [3.05, 3.63) is 102 Å². The summed E-state index contributed by atoms with van der Waals surface area (Å²) in [6.07, 6.45) is -1.59. The molecule has 0 aliphatic heterocycles. The highest BCUT2D eigenvalue weighted by Gasteiger charge is 2.42. The summed E-state index contributed by atoms with van der Waals surface area (Å²) < 4.78 is 42.0. The van der Waals surface area contributed by atoms with Crippen LogP contribution in [0.1, 0.15) is 62.5 Å². The third kappa shape index (κ3) is 11.0. The number of esters is 1. The van der Waals surface area contributed by atoms with E-state index in [1.165, 1.54) is 11.1 Å². The van der Waals surface area contributed by atoms with Crippen LogP contribution >= 0.6 is 0 Å². The van der Waals surface area contributed by atoms with Crippen LogP contribution in [0, 0.1) is 0 Å². The van der Waals surface area contributed by atoms with E-state index >= 15 is 0 Å². The molecular weight excluding hydrogens is 469 g/mol. The highest BCUT2D eigenvalue weighted by molar-refractivity contribution is 7.58. The zero-order valence-electron chi connectivity index (χ0n) is 20.0. The number of rotatable bonds is 10. The molecule has 3 rings (SSSR count). The first-order chi connectivity index (χ1) is 16.8. The third-order valence-corrected chi connectivity index (χ3v) is 5.90. The Labute approximate surface area is 211 Å². The number of hydrogen-bond acceptors (Lipinski definition) is 2. The van der Waals surface area contributed by atoms with Crippen LogP contribution in [0.25, 0.3) is 0 Å². The Hall–Kier alpha value is -2.73. The molecule has 0 amide bonds. The first kappa shape index (κ1) is 28.5. The van der Waals surface area contributed by atoms with E-state index in [4.69, 9.17) is 0 Å². The molecule has 0 heterocycles. The molecule has 35 heavy (non-hydrogen) atoms. The molecule has 0 bridgehead atoms. The van der Waals surface area contributed by atoms with E-state index in [0.29, 0.717) is 25.7 Å². The van der Waals surface area contributed by atoms with Gasteiger partial charge < -0.3 is 4.74 Å². The SMILES string of the molecule is CCCC(CCCCC(c1ccccc1)c1ccccc1)OC(=O)C(F)(F)F.[SH2+]c1ccccc1. The molecule has 0 aliphatic carbocycles. The van der Waals surface area contributed by atoms with Gasteiger partial charge in [-0.2, -0.15) is 13.2 Å². The van der Waals surface area contributed by atoms with Crippen molar-refractivity contribution >= 4 is 18.6 Å². The maximum atomic E-state index is 12.4. The zero-order valence-corrected chi connectivity index (χ0v) is 21.0. The van der Waals surface area contributed by atoms with E-state index in [2.05, 4.69) is 41.6 Å². The van der Waals surface area contributed by atoms with Gasteiger partial charge in [0.15, 0.2) is 0 Å². The summed E-state index contributed by atoms with van der Waals surface area (Å²) in [5.41, 5.74) is 2.45. The lowest BCUT2D eigenvalue weighted by molar-refractivity contribution is -0.205. The smallest absolute Gasteiger partial charge is 0.456 e. The molecule has 0 aliphatic rings. The van der Waals surface area contributed by atoms with E-state index in [-0.39, 0.29) is 5.92 Å². The Morgan fingerprint density at radius 1 is 0.771 bits per heavy atom. The van der Waals surface area contributed by atoms with Gasteiger partial charge in [0.2, 0.25) is 0 Å². The van der Waals surface area contributed by atoms with E-state index in [1.807, 2.05) is 73.7 Å². The van der Waals surface area contributed by atoms with Crippen LogP contribution in [0.2, 0.25) is 0 Å². The number of carbonyl (C=O) groups excluding carboxylic acids is 1. The normalized spacial score (nSPS) is 11.9. The van der Waals surface area contributed by atoms with Crippen molar-refractivity contribution in [3.63, 3.8) is 0 Å². The maximum absolute atomic E-state index is 12.4. The quantitative estimate of drug-likeness (QED) is 0.161. The second kappa shape index (κ2) is 15.3. The summed E-state index contributed by atoms with van der Waals surface area (Å²) in [6.45, 7) is 1.87. The van der Waals surface area contributed by atoms with Gasteiger partial charge in [0.1, 0.15) is 11.0 Å². The molecule has 188 valence electrons. The van der Waals surface area contributed by atoms with Gasteiger partial charge in [-0.05, 0) is 61.6 Å². The maximum Gasteiger partial charge on any atom is 0.490 e. The molecule has 6 heteroatoms. The molecule has 0 spiro atoms. The van der Waals surface area contributed by atoms with Crippen molar-refractivity contribution in [2.24, 2.45) is 0 Å². The average Bonchev–Trinajstić information content (AvgIpc) is 2.85. The van der Waals surface area contributed by atoms with Crippen molar-refractivity contribution < 1.29 is 22.7 Å². The molecule has 0 N–H and O–H groups in total. The van der Waals surface area contributed by atoms with Gasteiger partial charge in [0, 0.05) is 5.92 Å². The topological polar surface area (TPSA) is 26.3 Å². The third-order valence-electron chi connectivity index (χ3n) is 5.56. The second-order valence-electron chi connectivity index (χ2n) is 8.34. The first-order valence-corrected chi connectivity index (χ1v) is 12.5. The van der Waals surface area contributed by atoms with Crippen LogP contribution < -0.4 is 0 Å².